The molecule has 156 valence electrons. The van der Waals surface area contributed by atoms with E-state index in [4.69, 9.17) is 4.74 Å². The normalized spacial score (nSPS) is 13.9. The van der Waals surface area contributed by atoms with E-state index in [-0.39, 0.29) is 0 Å². The molecule has 5 rings (SSSR count). The van der Waals surface area contributed by atoms with Gasteiger partial charge in [0, 0.05) is 36.0 Å². The van der Waals surface area contributed by atoms with E-state index in [1.165, 1.54) is 5.69 Å². The molecule has 31 heavy (non-hydrogen) atoms. The molecular weight excluding hydrogens is 390 g/mol. The number of aromatic nitrogens is 4. The van der Waals surface area contributed by atoms with Gasteiger partial charge in [0.1, 0.15) is 5.82 Å². The molecule has 0 unspecified atom stereocenters. The molecule has 8 nitrogen and oxygen atoms in total. The van der Waals surface area contributed by atoms with Crippen LogP contribution in [0.5, 0.6) is 0 Å². The summed E-state index contributed by atoms with van der Waals surface area (Å²) in [6, 6.07) is 16.2. The van der Waals surface area contributed by atoms with E-state index in [1.807, 2.05) is 43.3 Å². The Labute approximate surface area is 180 Å². The van der Waals surface area contributed by atoms with Crippen LogP contribution in [0.4, 0.5) is 28.8 Å². The number of nitrogens with one attached hydrogen (secondary N) is 2. The van der Waals surface area contributed by atoms with Crippen molar-refractivity contribution in [1.29, 1.82) is 0 Å². The second-order valence-corrected chi connectivity index (χ2v) is 7.39. The largest absolute Gasteiger partial charge is 0.378 e. The van der Waals surface area contributed by atoms with E-state index < -0.39 is 0 Å². The Morgan fingerprint density at radius 3 is 2.65 bits per heavy atom. The van der Waals surface area contributed by atoms with Crippen LogP contribution in [0, 0.1) is 6.92 Å². The van der Waals surface area contributed by atoms with Crippen LogP contribution in [0.3, 0.4) is 0 Å². The third-order valence-corrected chi connectivity index (χ3v) is 5.29. The molecule has 0 amide bonds. The number of hydrogen-bond donors (Lipinski definition) is 2. The van der Waals surface area contributed by atoms with Crippen molar-refractivity contribution >= 4 is 39.7 Å². The number of benzene rings is 2. The number of rotatable bonds is 5. The Balaban J connectivity index is 1.32. The highest BCUT2D eigenvalue weighted by Crippen LogP contribution is 2.26. The summed E-state index contributed by atoms with van der Waals surface area (Å²) >= 11 is 0. The number of aryl methyl sites for hydroxylation is 1. The summed E-state index contributed by atoms with van der Waals surface area (Å²) in [7, 11) is 0. The minimum absolute atomic E-state index is 0.520. The average molecular weight is 413 g/mol. The first-order valence-corrected chi connectivity index (χ1v) is 10.3. The van der Waals surface area contributed by atoms with Crippen molar-refractivity contribution in [3.8, 4) is 0 Å². The Bertz CT molecular complexity index is 1190. The highest BCUT2D eigenvalue weighted by Gasteiger charge is 2.11. The summed E-state index contributed by atoms with van der Waals surface area (Å²) in [6.07, 6.45) is 3.43. The minimum atomic E-state index is 0.520. The van der Waals surface area contributed by atoms with Crippen molar-refractivity contribution in [2.75, 3.05) is 41.8 Å². The van der Waals surface area contributed by atoms with Crippen LogP contribution in [-0.4, -0.2) is 46.5 Å². The van der Waals surface area contributed by atoms with Gasteiger partial charge in [-0.3, -0.25) is 0 Å². The summed E-state index contributed by atoms with van der Waals surface area (Å²) in [4.78, 5) is 11.3. The van der Waals surface area contributed by atoms with Crippen LogP contribution in [-0.2, 0) is 4.74 Å². The molecule has 3 heterocycles. The van der Waals surface area contributed by atoms with Gasteiger partial charge in [0.05, 0.1) is 30.6 Å². The van der Waals surface area contributed by atoms with Crippen LogP contribution < -0.4 is 15.5 Å². The fraction of sp³-hybridized carbons (Fsp3) is 0.217. The molecular formula is C23H23N7O. The van der Waals surface area contributed by atoms with E-state index in [9.17, 15) is 0 Å². The Morgan fingerprint density at radius 1 is 0.968 bits per heavy atom. The minimum Gasteiger partial charge on any atom is -0.378 e. The molecule has 1 aliphatic rings. The summed E-state index contributed by atoms with van der Waals surface area (Å²) < 4.78 is 5.42. The lowest BCUT2D eigenvalue weighted by Gasteiger charge is -2.28. The van der Waals surface area contributed by atoms with Gasteiger partial charge >= 0.3 is 0 Å². The van der Waals surface area contributed by atoms with Crippen LogP contribution >= 0.6 is 0 Å². The molecule has 8 heteroatoms. The molecule has 1 saturated heterocycles. The highest BCUT2D eigenvalue weighted by molar-refractivity contribution is 5.93. The van der Waals surface area contributed by atoms with Gasteiger partial charge in [-0.15, -0.1) is 0 Å². The highest BCUT2D eigenvalue weighted by atomic mass is 16.5. The first-order chi connectivity index (χ1) is 15.3. The lowest BCUT2D eigenvalue weighted by Crippen LogP contribution is -2.36. The number of fused-ring (bicyclic) bond motifs is 1. The average Bonchev–Trinajstić information content (AvgIpc) is 2.81. The molecule has 2 aromatic heterocycles. The maximum Gasteiger partial charge on any atom is 0.229 e. The number of ether oxygens (including phenoxy) is 1. The molecule has 0 bridgehead atoms. The fourth-order valence-electron chi connectivity index (χ4n) is 3.66. The van der Waals surface area contributed by atoms with Gasteiger partial charge in [0.15, 0.2) is 0 Å². The van der Waals surface area contributed by atoms with Gasteiger partial charge in [-0.1, -0.05) is 18.2 Å². The number of nitrogens with zero attached hydrogens (tertiary/aromatic N) is 5. The first-order valence-electron chi connectivity index (χ1n) is 10.3. The van der Waals surface area contributed by atoms with Crippen LogP contribution in [0.1, 0.15) is 5.56 Å². The second kappa shape index (κ2) is 8.53. The maximum atomic E-state index is 5.42. The zero-order valence-electron chi connectivity index (χ0n) is 17.2. The van der Waals surface area contributed by atoms with Crippen LogP contribution in [0.25, 0.3) is 10.9 Å². The smallest absolute Gasteiger partial charge is 0.229 e. The lowest BCUT2D eigenvalue weighted by molar-refractivity contribution is 0.122. The van der Waals surface area contributed by atoms with Crippen molar-refractivity contribution in [1.82, 2.24) is 20.2 Å². The number of morpholine rings is 1. The zero-order valence-corrected chi connectivity index (χ0v) is 17.2. The van der Waals surface area contributed by atoms with Crippen molar-refractivity contribution in [2.24, 2.45) is 0 Å². The summed E-state index contributed by atoms with van der Waals surface area (Å²) in [5.41, 5.74) is 4.94. The molecule has 0 saturated carbocycles. The van der Waals surface area contributed by atoms with Gasteiger partial charge in [-0.05, 0) is 42.8 Å². The van der Waals surface area contributed by atoms with Crippen LogP contribution in [0.2, 0.25) is 0 Å². The molecule has 1 fully saturated rings. The lowest BCUT2D eigenvalue weighted by atomic mass is 10.1. The van der Waals surface area contributed by atoms with Crippen molar-refractivity contribution < 1.29 is 4.74 Å². The van der Waals surface area contributed by atoms with E-state index in [0.717, 1.165) is 54.1 Å². The van der Waals surface area contributed by atoms with E-state index in [1.54, 1.807) is 12.4 Å². The monoisotopic (exact) mass is 413 g/mol. The fourth-order valence-corrected chi connectivity index (χ4v) is 3.66. The Morgan fingerprint density at radius 2 is 1.81 bits per heavy atom. The van der Waals surface area contributed by atoms with Crippen LogP contribution in [0.15, 0.2) is 60.9 Å². The molecule has 0 atom stereocenters. The van der Waals surface area contributed by atoms with Gasteiger partial charge in [0.2, 0.25) is 5.95 Å². The number of anilines is 5. The first kappa shape index (κ1) is 19.2. The SMILES string of the molecule is Cc1cccc2c(Nc3ccnc(Nc4ccc(N5CCOCC5)cc4)n3)cnnc12. The van der Waals surface area contributed by atoms with E-state index in [0.29, 0.717) is 11.8 Å². The summed E-state index contributed by atoms with van der Waals surface area (Å²) in [6.45, 7) is 5.41. The predicted octanol–water partition coefficient (Wildman–Crippen LogP) is 4.05. The molecule has 1 aliphatic heterocycles. The van der Waals surface area contributed by atoms with E-state index in [2.05, 4.69) is 47.8 Å². The van der Waals surface area contributed by atoms with Gasteiger partial charge in [0.25, 0.3) is 0 Å². The van der Waals surface area contributed by atoms with Crippen molar-refractivity contribution in [3.05, 3.63) is 66.5 Å². The molecule has 0 spiro atoms. The quantitative estimate of drug-likeness (QED) is 0.507. The summed E-state index contributed by atoms with van der Waals surface area (Å²) in [5, 5.41) is 16.0. The Kier molecular flexibility index (Phi) is 5.28. The topological polar surface area (TPSA) is 88.1 Å². The molecule has 4 aromatic rings. The number of hydrogen-bond acceptors (Lipinski definition) is 8. The molecule has 2 N–H and O–H groups in total. The van der Waals surface area contributed by atoms with Gasteiger partial charge in [-0.25, -0.2) is 4.98 Å². The maximum absolute atomic E-state index is 5.42. The Hall–Kier alpha value is -3.78. The van der Waals surface area contributed by atoms with E-state index >= 15 is 0 Å². The second-order valence-electron chi connectivity index (χ2n) is 7.39. The third kappa shape index (κ3) is 4.24. The van der Waals surface area contributed by atoms with Gasteiger partial charge in [-0.2, -0.15) is 15.2 Å². The third-order valence-electron chi connectivity index (χ3n) is 5.29. The summed E-state index contributed by atoms with van der Waals surface area (Å²) in [5.74, 6) is 1.20. The molecule has 2 aromatic carbocycles. The van der Waals surface area contributed by atoms with Crippen molar-refractivity contribution in [2.45, 2.75) is 6.92 Å². The zero-order chi connectivity index (χ0) is 21.0. The molecule has 0 aliphatic carbocycles. The van der Waals surface area contributed by atoms with Crippen molar-refractivity contribution in [3.63, 3.8) is 0 Å². The molecule has 0 radical (unpaired) electrons. The standard InChI is InChI=1S/C23H23N7O/c1-16-3-2-4-19-20(15-25-29-22(16)19)27-21-9-10-24-23(28-21)26-17-5-7-18(8-6-17)30-11-13-31-14-12-30/h2-10,15H,11-14H2,1H3,(H2,24,26,27,28,29). The van der Waals surface area contributed by atoms with Gasteiger partial charge < -0.3 is 20.3 Å². The predicted molar refractivity (Wildman–Crippen MR) is 122 cm³/mol.